The number of carbonyl (C=O) groups is 1. The predicted molar refractivity (Wildman–Crippen MR) is 146 cm³/mol. The van der Waals surface area contributed by atoms with Gasteiger partial charge in [0.2, 0.25) is 0 Å². The third-order valence-corrected chi connectivity index (χ3v) is 7.72. The summed E-state index contributed by atoms with van der Waals surface area (Å²) in [7, 11) is 1.62. The number of aliphatic imine (C=N–C) groups is 1. The molecule has 0 spiro atoms. The minimum absolute atomic E-state index is 0.202. The van der Waals surface area contributed by atoms with E-state index < -0.39 is 0 Å². The molecule has 0 N–H and O–H groups in total. The fourth-order valence-electron chi connectivity index (χ4n) is 4.32. The van der Waals surface area contributed by atoms with Crippen LogP contribution in [0.25, 0.3) is 26.9 Å². The van der Waals surface area contributed by atoms with Crippen LogP contribution in [0.4, 0.5) is 5.69 Å². The Bertz CT molecular complexity index is 1660. The van der Waals surface area contributed by atoms with Crippen LogP contribution < -0.4 is 9.64 Å². The summed E-state index contributed by atoms with van der Waals surface area (Å²) in [5.74, 6) is 1.04. The lowest BCUT2D eigenvalue weighted by Crippen LogP contribution is -2.32. The number of amidine groups is 1. The Morgan fingerprint density at radius 1 is 0.886 bits per heavy atom. The maximum atomic E-state index is 13.8. The molecule has 1 amide bonds. The second kappa shape index (κ2) is 8.69. The lowest BCUT2D eigenvalue weighted by molar-refractivity contribution is -0.113. The molecule has 2 heterocycles. The van der Waals surface area contributed by atoms with Crippen molar-refractivity contribution in [3.63, 3.8) is 0 Å². The highest BCUT2D eigenvalue weighted by molar-refractivity contribution is 7.21. The average molecular weight is 495 g/mol. The molecule has 6 heteroatoms. The number of rotatable bonds is 4. The van der Waals surface area contributed by atoms with E-state index in [2.05, 4.69) is 18.2 Å². The quantitative estimate of drug-likeness (QED) is 0.242. The van der Waals surface area contributed by atoms with E-state index in [1.54, 1.807) is 12.0 Å². The molecular weight excluding hydrogens is 476 g/mol. The summed E-state index contributed by atoms with van der Waals surface area (Å²) < 4.78 is 6.35. The number of nitrogens with zero attached hydrogens (tertiary/aromatic N) is 2. The Kier molecular flexibility index (Phi) is 5.36. The number of thiophene rings is 1. The van der Waals surface area contributed by atoms with E-state index in [4.69, 9.17) is 21.3 Å². The first kappa shape index (κ1) is 21.6. The van der Waals surface area contributed by atoms with Gasteiger partial charge in [0.05, 0.1) is 22.7 Å². The first-order valence-corrected chi connectivity index (χ1v) is 12.3. The van der Waals surface area contributed by atoms with Crippen molar-refractivity contribution in [2.75, 3.05) is 12.0 Å². The second-order valence-corrected chi connectivity index (χ2v) is 9.54. The molecular formula is C29H19ClN2O2S. The van der Waals surface area contributed by atoms with E-state index in [0.29, 0.717) is 28.0 Å². The Hall–Kier alpha value is -3.93. The zero-order chi connectivity index (χ0) is 23.9. The van der Waals surface area contributed by atoms with Crippen molar-refractivity contribution in [2.45, 2.75) is 0 Å². The van der Waals surface area contributed by atoms with Gasteiger partial charge >= 0.3 is 0 Å². The molecule has 4 nitrogen and oxygen atoms in total. The summed E-state index contributed by atoms with van der Waals surface area (Å²) in [4.78, 5) is 21.0. The number of carbonyl (C=O) groups excluding carboxylic acids is 1. The Balaban J connectivity index is 1.54. The van der Waals surface area contributed by atoms with Gasteiger partial charge in [0.15, 0.2) is 5.84 Å². The molecule has 5 aromatic rings. The summed E-state index contributed by atoms with van der Waals surface area (Å²) in [6, 6.07) is 29.5. The van der Waals surface area contributed by atoms with Gasteiger partial charge in [0.1, 0.15) is 11.4 Å². The summed E-state index contributed by atoms with van der Waals surface area (Å²) in [5, 5.41) is 3.72. The van der Waals surface area contributed by atoms with Crippen molar-refractivity contribution in [3.05, 3.63) is 112 Å². The van der Waals surface area contributed by atoms with E-state index in [-0.39, 0.29) is 5.91 Å². The Labute approximate surface area is 211 Å². The molecule has 0 atom stereocenters. The molecule has 1 aliphatic heterocycles. The van der Waals surface area contributed by atoms with E-state index in [1.165, 1.54) is 11.3 Å². The molecule has 0 bridgehead atoms. The Morgan fingerprint density at radius 3 is 2.37 bits per heavy atom. The molecule has 1 aromatic heterocycles. The minimum Gasteiger partial charge on any atom is -0.497 e. The highest BCUT2D eigenvalue weighted by Crippen LogP contribution is 2.39. The van der Waals surface area contributed by atoms with Gasteiger partial charge in [-0.25, -0.2) is 4.99 Å². The lowest BCUT2D eigenvalue weighted by Gasteiger charge is -2.18. The Morgan fingerprint density at radius 2 is 1.60 bits per heavy atom. The van der Waals surface area contributed by atoms with Gasteiger partial charge in [0.25, 0.3) is 5.91 Å². The normalized spacial score (nSPS) is 14.8. The van der Waals surface area contributed by atoms with Crippen molar-refractivity contribution < 1.29 is 9.53 Å². The van der Waals surface area contributed by atoms with Crippen LogP contribution in [0.5, 0.6) is 5.75 Å². The number of methoxy groups -OCH3 is 1. The summed E-state index contributed by atoms with van der Waals surface area (Å²) >= 11 is 8.36. The van der Waals surface area contributed by atoms with Gasteiger partial charge in [0, 0.05) is 10.1 Å². The first-order chi connectivity index (χ1) is 17.1. The average Bonchev–Trinajstić information content (AvgIpc) is 3.40. The van der Waals surface area contributed by atoms with E-state index in [9.17, 15) is 4.79 Å². The van der Waals surface area contributed by atoms with E-state index >= 15 is 0 Å². The number of hydrogen-bond donors (Lipinski definition) is 0. The number of ether oxygens (including phenoxy) is 1. The summed E-state index contributed by atoms with van der Waals surface area (Å²) in [5.41, 5.74) is 2.00. The minimum atomic E-state index is -0.202. The third-order valence-electron chi connectivity index (χ3n) is 6.04. The molecule has 1 aliphatic rings. The van der Waals surface area contributed by atoms with Crippen LogP contribution in [0.3, 0.4) is 0 Å². The van der Waals surface area contributed by atoms with E-state index in [0.717, 1.165) is 31.3 Å². The first-order valence-electron chi connectivity index (χ1n) is 11.1. The third kappa shape index (κ3) is 3.70. The zero-order valence-corrected chi connectivity index (χ0v) is 20.3. The molecule has 0 fully saturated rings. The maximum absolute atomic E-state index is 13.8. The van der Waals surface area contributed by atoms with Gasteiger partial charge in [-0.15, -0.1) is 11.3 Å². The molecule has 0 aliphatic carbocycles. The van der Waals surface area contributed by atoms with Crippen LogP contribution in [-0.4, -0.2) is 18.9 Å². The van der Waals surface area contributed by atoms with Crippen molar-refractivity contribution in [2.24, 2.45) is 4.99 Å². The molecule has 6 rings (SSSR count). The van der Waals surface area contributed by atoms with Gasteiger partial charge in [-0.3, -0.25) is 9.69 Å². The fraction of sp³-hybridized carbons (Fsp3) is 0.0345. The van der Waals surface area contributed by atoms with E-state index in [1.807, 2.05) is 78.9 Å². The standard InChI is InChI=1S/C29H19ClN2O2S/c1-34-21-15-13-20(14-16-21)32-28(27-26(30)23-11-4-5-12-25(23)35-27)31-24(29(32)33)17-19-9-6-8-18-7-2-3-10-22(18)19/h2-17H,1H3/b24-17+. The van der Waals surface area contributed by atoms with Crippen LogP contribution in [0.15, 0.2) is 102 Å². The predicted octanol–water partition coefficient (Wildman–Crippen LogP) is 7.55. The van der Waals surface area contributed by atoms with Crippen molar-refractivity contribution in [1.29, 1.82) is 0 Å². The maximum Gasteiger partial charge on any atom is 0.282 e. The molecule has 4 aromatic carbocycles. The van der Waals surface area contributed by atoms with Gasteiger partial charge < -0.3 is 4.74 Å². The summed E-state index contributed by atoms with van der Waals surface area (Å²) in [6.07, 6.45) is 1.86. The number of benzene rings is 4. The number of amides is 1. The number of fused-ring (bicyclic) bond motifs is 2. The van der Waals surface area contributed by atoms with Gasteiger partial charge in [-0.2, -0.15) is 0 Å². The number of anilines is 1. The highest BCUT2D eigenvalue weighted by atomic mass is 35.5. The molecule has 170 valence electrons. The monoisotopic (exact) mass is 494 g/mol. The highest BCUT2D eigenvalue weighted by Gasteiger charge is 2.35. The summed E-state index contributed by atoms with van der Waals surface area (Å²) in [6.45, 7) is 0. The molecule has 35 heavy (non-hydrogen) atoms. The van der Waals surface area contributed by atoms with Crippen LogP contribution in [0.1, 0.15) is 10.4 Å². The van der Waals surface area contributed by atoms with Gasteiger partial charge in [-0.05, 0) is 52.7 Å². The smallest absolute Gasteiger partial charge is 0.282 e. The SMILES string of the molecule is COc1ccc(N2C(=O)/C(=C\c3cccc4ccccc34)N=C2c2sc3ccccc3c2Cl)cc1. The van der Waals surface area contributed by atoms with Crippen LogP contribution in [-0.2, 0) is 4.79 Å². The van der Waals surface area contributed by atoms with Crippen molar-refractivity contribution in [3.8, 4) is 5.75 Å². The molecule has 0 radical (unpaired) electrons. The molecule has 0 saturated carbocycles. The molecule has 0 saturated heterocycles. The zero-order valence-electron chi connectivity index (χ0n) is 18.7. The van der Waals surface area contributed by atoms with Crippen LogP contribution in [0, 0.1) is 0 Å². The topological polar surface area (TPSA) is 41.9 Å². The second-order valence-electron chi connectivity index (χ2n) is 8.11. The number of hydrogen-bond acceptors (Lipinski definition) is 4. The molecule has 0 unspecified atom stereocenters. The van der Waals surface area contributed by atoms with Crippen LogP contribution in [0.2, 0.25) is 5.02 Å². The van der Waals surface area contributed by atoms with Crippen molar-refractivity contribution >= 4 is 67.3 Å². The van der Waals surface area contributed by atoms with Gasteiger partial charge in [-0.1, -0.05) is 72.3 Å². The number of halogens is 1. The lowest BCUT2D eigenvalue weighted by atomic mass is 10.0. The van der Waals surface area contributed by atoms with Crippen LogP contribution >= 0.6 is 22.9 Å². The van der Waals surface area contributed by atoms with Crippen molar-refractivity contribution in [1.82, 2.24) is 0 Å². The largest absolute Gasteiger partial charge is 0.497 e. The fourth-order valence-corrected chi connectivity index (χ4v) is 5.82.